The average Bonchev–Trinajstić information content (AvgIpc) is 2.96. The zero-order valence-corrected chi connectivity index (χ0v) is 13.7. The predicted octanol–water partition coefficient (Wildman–Crippen LogP) is 2.41. The summed E-state index contributed by atoms with van der Waals surface area (Å²) in [5.74, 6) is -0.791. The van der Waals surface area contributed by atoms with E-state index in [4.69, 9.17) is 0 Å². The minimum absolute atomic E-state index is 0.0518. The molecule has 7 nitrogen and oxygen atoms in total. The molecule has 8 heteroatoms. The van der Waals surface area contributed by atoms with Crippen LogP contribution in [-0.4, -0.2) is 39.0 Å². The highest BCUT2D eigenvalue weighted by Gasteiger charge is 2.43. The first-order valence-electron chi connectivity index (χ1n) is 7.19. The Morgan fingerprint density at radius 2 is 2.13 bits per heavy atom. The van der Waals surface area contributed by atoms with Crippen LogP contribution in [0.2, 0.25) is 0 Å². The fourth-order valence-corrected chi connectivity index (χ4v) is 3.83. The Bertz CT molecular complexity index is 653. The van der Waals surface area contributed by atoms with E-state index in [0.717, 1.165) is 0 Å². The number of thioether (sulfide) groups is 1. The number of amides is 1. The molecular weight excluding hydrogens is 320 g/mol. The van der Waals surface area contributed by atoms with Crippen LogP contribution in [0.5, 0.6) is 0 Å². The summed E-state index contributed by atoms with van der Waals surface area (Å²) >= 11 is 1.46. The molecule has 1 fully saturated rings. The zero-order valence-electron chi connectivity index (χ0n) is 12.9. The lowest BCUT2D eigenvalue weighted by Crippen LogP contribution is -2.54. The topological polar surface area (TPSA) is 110 Å². The van der Waals surface area contributed by atoms with Crippen molar-refractivity contribution in [3.63, 3.8) is 0 Å². The van der Waals surface area contributed by atoms with E-state index in [1.54, 1.807) is 6.07 Å². The molecule has 0 aliphatic carbocycles. The molecule has 0 aromatic heterocycles. The minimum atomic E-state index is -1.30. The Morgan fingerprint density at radius 3 is 2.61 bits per heavy atom. The van der Waals surface area contributed by atoms with Crippen molar-refractivity contribution in [3.8, 4) is 0 Å². The normalized spacial score (nSPS) is 20.5. The van der Waals surface area contributed by atoms with Gasteiger partial charge in [0.1, 0.15) is 5.54 Å². The van der Waals surface area contributed by atoms with Gasteiger partial charge in [-0.25, -0.2) is 4.79 Å². The van der Waals surface area contributed by atoms with Gasteiger partial charge in [0.2, 0.25) is 0 Å². The van der Waals surface area contributed by atoms with E-state index < -0.39 is 22.3 Å². The molecule has 1 aromatic rings. The Balaban J connectivity index is 2.31. The number of rotatable bonds is 5. The maximum absolute atomic E-state index is 12.4. The molecule has 1 heterocycles. The maximum Gasteiger partial charge on any atom is 0.330 e. The van der Waals surface area contributed by atoms with Gasteiger partial charge in [0.25, 0.3) is 11.6 Å². The van der Waals surface area contributed by atoms with Crippen LogP contribution >= 0.6 is 11.8 Å². The second-order valence-corrected chi connectivity index (χ2v) is 6.93. The van der Waals surface area contributed by atoms with Crippen LogP contribution in [0.15, 0.2) is 18.2 Å². The van der Waals surface area contributed by atoms with Crippen molar-refractivity contribution in [2.75, 3.05) is 11.5 Å². The van der Waals surface area contributed by atoms with E-state index in [0.29, 0.717) is 23.5 Å². The Hall–Kier alpha value is -2.09. The van der Waals surface area contributed by atoms with Gasteiger partial charge in [0, 0.05) is 22.9 Å². The van der Waals surface area contributed by atoms with Crippen LogP contribution in [0.25, 0.3) is 0 Å². The molecule has 0 saturated carbocycles. The highest BCUT2D eigenvalue weighted by atomic mass is 32.2. The first-order valence-corrected chi connectivity index (χ1v) is 8.34. The molecule has 1 atom stereocenters. The van der Waals surface area contributed by atoms with Crippen molar-refractivity contribution >= 4 is 29.3 Å². The molecule has 1 aliphatic rings. The lowest BCUT2D eigenvalue weighted by Gasteiger charge is -2.24. The molecular formula is C15H18N2O5S. The molecule has 1 aromatic carbocycles. The fourth-order valence-electron chi connectivity index (χ4n) is 2.51. The number of carboxylic acids is 1. The predicted molar refractivity (Wildman–Crippen MR) is 87.0 cm³/mol. The van der Waals surface area contributed by atoms with Gasteiger partial charge in [0.05, 0.1) is 4.92 Å². The van der Waals surface area contributed by atoms with Crippen LogP contribution in [0, 0.1) is 10.1 Å². The third-order valence-electron chi connectivity index (χ3n) is 3.90. The number of nitrogens with one attached hydrogen (secondary N) is 1. The monoisotopic (exact) mass is 338 g/mol. The number of nitro benzene ring substituents is 1. The van der Waals surface area contributed by atoms with Crippen LogP contribution in [-0.2, 0) is 4.79 Å². The van der Waals surface area contributed by atoms with E-state index >= 15 is 0 Å². The van der Waals surface area contributed by atoms with Gasteiger partial charge >= 0.3 is 5.97 Å². The van der Waals surface area contributed by atoms with E-state index in [9.17, 15) is 24.8 Å². The van der Waals surface area contributed by atoms with E-state index in [-0.39, 0.29) is 17.2 Å². The van der Waals surface area contributed by atoms with Crippen molar-refractivity contribution in [3.05, 3.63) is 39.4 Å². The molecule has 124 valence electrons. The van der Waals surface area contributed by atoms with Crippen LogP contribution in [0.1, 0.15) is 42.1 Å². The Morgan fingerprint density at radius 1 is 1.43 bits per heavy atom. The number of hydrogen-bond acceptors (Lipinski definition) is 5. The van der Waals surface area contributed by atoms with Gasteiger partial charge in [-0.05, 0) is 24.2 Å². The summed E-state index contributed by atoms with van der Waals surface area (Å²) in [7, 11) is 0. The second kappa shape index (κ2) is 6.57. The summed E-state index contributed by atoms with van der Waals surface area (Å²) in [5, 5.41) is 23.1. The molecule has 0 bridgehead atoms. The summed E-state index contributed by atoms with van der Waals surface area (Å²) in [4.78, 5) is 34.5. The number of hydrogen-bond donors (Lipinski definition) is 2. The van der Waals surface area contributed by atoms with Crippen molar-refractivity contribution in [2.45, 2.75) is 31.7 Å². The summed E-state index contributed by atoms with van der Waals surface area (Å²) in [5.41, 5.74) is -0.792. The van der Waals surface area contributed by atoms with Gasteiger partial charge in [-0.2, -0.15) is 11.8 Å². The SMILES string of the molecule is CC(C)c1ccc(C(=O)NC2(C(=O)O)CCSC2)cc1[N+](=O)[O-]. The smallest absolute Gasteiger partial charge is 0.330 e. The number of carbonyl (C=O) groups excluding carboxylic acids is 1. The van der Waals surface area contributed by atoms with Crippen molar-refractivity contribution < 1.29 is 19.6 Å². The Kier molecular flexibility index (Phi) is 4.93. The highest BCUT2D eigenvalue weighted by Crippen LogP contribution is 2.30. The van der Waals surface area contributed by atoms with Crippen molar-refractivity contribution in [2.24, 2.45) is 0 Å². The summed E-state index contributed by atoms with van der Waals surface area (Å²) in [6.45, 7) is 3.66. The van der Waals surface area contributed by atoms with Gasteiger partial charge in [-0.15, -0.1) is 0 Å². The van der Waals surface area contributed by atoms with Crippen molar-refractivity contribution in [1.29, 1.82) is 0 Å². The maximum atomic E-state index is 12.4. The molecule has 1 aliphatic heterocycles. The first-order chi connectivity index (χ1) is 10.8. The number of benzene rings is 1. The quantitative estimate of drug-likeness (QED) is 0.630. The molecule has 2 rings (SSSR count). The first kappa shape index (κ1) is 17.3. The van der Waals surface area contributed by atoms with Crippen molar-refractivity contribution in [1.82, 2.24) is 5.32 Å². The largest absolute Gasteiger partial charge is 0.479 e. The fraction of sp³-hybridized carbons (Fsp3) is 0.467. The number of carboxylic acid groups (broad SMARTS) is 1. The molecule has 0 radical (unpaired) electrons. The van der Waals surface area contributed by atoms with Crippen LogP contribution in [0.4, 0.5) is 5.69 Å². The molecule has 1 saturated heterocycles. The number of nitrogens with zero attached hydrogens (tertiary/aromatic N) is 1. The van der Waals surface area contributed by atoms with Gasteiger partial charge < -0.3 is 10.4 Å². The van der Waals surface area contributed by atoms with Crippen LogP contribution in [0.3, 0.4) is 0 Å². The van der Waals surface area contributed by atoms with E-state index in [1.165, 1.54) is 23.9 Å². The number of nitro groups is 1. The third-order valence-corrected chi connectivity index (χ3v) is 5.08. The lowest BCUT2D eigenvalue weighted by atomic mass is 9.96. The van der Waals surface area contributed by atoms with E-state index in [2.05, 4.69) is 5.32 Å². The van der Waals surface area contributed by atoms with Crippen LogP contribution < -0.4 is 5.32 Å². The highest BCUT2D eigenvalue weighted by molar-refractivity contribution is 7.99. The Labute approximate surface area is 137 Å². The molecule has 0 spiro atoms. The summed E-state index contributed by atoms with van der Waals surface area (Å²) < 4.78 is 0. The standard InChI is InChI=1S/C15H18N2O5S/c1-9(2)11-4-3-10(7-12(11)17(21)22)13(18)16-15(14(19)20)5-6-23-8-15/h3-4,7,9H,5-6,8H2,1-2H3,(H,16,18)(H,19,20). The average molecular weight is 338 g/mol. The lowest BCUT2D eigenvalue weighted by molar-refractivity contribution is -0.385. The summed E-state index contributed by atoms with van der Waals surface area (Å²) in [6, 6.07) is 4.26. The van der Waals surface area contributed by atoms with Gasteiger partial charge in [0.15, 0.2) is 0 Å². The molecule has 2 N–H and O–H groups in total. The molecule has 1 unspecified atom stereocenters. The summed E-state index contributed by atoms with van der Waals surface area (Å²) in [6.07, 6.45) is 0.338. The number of aliphatic carboxylic acids is 1. The second-order valence-electron chi connectivity index (χ2n) is 5.83. The van der Waals surface area contributed by atoms with Gasteiger partial charge in [-0.3, -0.25) is 14.9 Å². The molecule has 1 amide bonds. The van der Waals surface area contributed by atoms with Gasteiger partial charge in [-0.1, -0.05) is 19.9 Å². The number of carbonyl (C=O) groups is 2. The zero-order chi connectivity index (χ0) is 17.2. The third kappa shape index (κ3) is 3.47. The minimum Gasteiger partial charge on any atom is -0.479 e. The molecule has 23 heavy (non-hydrogen) atoms. The van der Waals surface area contributed by atoms with E-state index in [1.807, 2.05) is 13.8 Å².